The number of ether oxygens (including phenoxy) is 1. The topological polar surface area (TPSA) is 70.2 Å². The van der Waals surface area contributed by atoms with E-state index < -0.39 is 17.8 Å². The number of carbonyl (C=O) groups excluding carboxylic acids is 3. The second kappa shape index (κ2) is 8.99. The van der Waals surface area contributed by atoms with Crippen LogP contribution >= 0.6 is 11.3 Å². The van der Waals surface area contributed by atoms with Crippen LogP contribution in [0.1, 0.15) is 17.4 Å². The summed E-state index contributed by atoms with van der Waals surface area (Å²) in [6.45, 7) is 3.34. The molecule has 1 saturated heterocycles. The van der Waals surface area contributed by atoms with Crippen LogP contribution in [0.25, 0.3) is 0 Å². The van der Waals surface area contributed by atoms with E-state index in [0.29, 0.717) is 19.6 Å². The predicted octanol–water partition coefficient (Wildman–Crippen LogP) is 2.57. The maximum Gasteiger partial charge on any atom is 0.335 e. The molecule has 1 aliphatic heterocycles. The fourth-order valence-corrected chi connectivity index (χ4v) is 3.71. The minimum atomic E-state index is -0.769. The van der Waals surface area contributed by atoms with Crippen molar-refractivity contribution >= 4 is 29.2 Å². The van der Waals surface area contributed by atoms with E-state index in [0.717, 1.165) is 26.0 Å². The number of benzene rings is 1. The number of carbonyl (C=O) groups is 3. The largest absolute Gasteiger partial charge is 0.494 e. The SMILES string of the molecule is CCOc1ccc(CN(C)CN2C(=O)C(=O)N(CCc3cccs3)C2=O)cc1. The lowest BCUT2D eigenvalue weighted by atomic mass is 10.2. The molecule has 0 radical (unpaired) electrons. The lowest BCUT2D eigenvalue weighted by Crippen LogP contribution is -2.40. The number of urea groups is 1. The smallest absolute Gasteiger partial charge is 0.335 e. The van der Waals surface area contributed by atoms with Crippen molar-refractivity contribution in [2.45, 2.75) is 19.9 Å². The van der Waals surface area contributed by atoms with Gasteiger partial charge >= 0.3 is 17.8 Å². The molecular formula is C20H23N3O4S. The van der Waals surface area contributed by atoms with Crippen molar-refractivity contribution in [3.63, 3.8) is 0 Å². The molecule has 28 heavy (non-hydrogen) atoms. The molecule has 0 saturated carbocycles. The Bertz CT molecular complexity index is 836. The van der Waals surface area contributed by atoms with Crippen molar-refractivity contribution in [1.82, 2.24) is 14.7 Å². The van der Waals surface area contributed by atoms with Crippen LogP contribution in [0.5, 0.6) is 5.75 Å². The van der Waals surface area contributed by atoms with E-state index in [9.17, 15) is 14.4 Å². The van der Waals surface area contributed by atoms with Crippen molar-refractivity contribution in [1.29, 1.82) is 0 Å². The summed E-state index contributed by atoms with van der Waals surface area (Å²) in [5, 5.41) is 1.94. The Morgan fingerprint density at radius 3 is 2.39 bits per heavy atom. The normalized spacial score (nSPS) is 14.5. The Balaban J connectivity index is 1.57. The fourth-order valence-electron chi connectivity index (χ4n) is 3.01. The predicted molar refractivity (Wildman–Crippen MR) is 106 cm³/mol. The number of rotatable bonds is 9. The summed E-state index contributed by atoms with van der Waals surface area (Å²) in [5.74, 6) is -0.725. The Kier molecular flexibility index (Phi) is 6.43. The van der Waals surface area contributed by atoms with Gasteiger partial charge in [0.15, 0.2) is 0 Å². The molecule has 0 atom stereocenters. The van der Waals surface area contributed by atoms with Gasteiger partial charge in [-0.25, -0.2) is 9.69 Å². The molecule has 2 aromatic rings. The molecule has 0 aliphatic carbocycles. The van der Waals surface area contributed by atoms with Crippen LogP contribution in [0, 0.1) is 0 Å². The molecule has 1 aliphatic rings. The first-order valence-corrected chi connectivity index (χ1v) is 9.97. The average Bonchev–Trinajstić information content (AvgIpc) is 3.26. The summed E-state index contributed by atoms with van der Waals surface area (Å²) in [5.41, 5.74) is 1.02. The molecule has 0 N–H and O–H groups in total. The number of imide groups is 2. The van der Waals surface area contributed by atoms with E-state index in [-0.39, 0.29) is 13.2 Å². The van der Waals surface area contributed by atoms with Crippen LogP contribution in [0.3, 0.4) is 0 Å². The summed E-state index contributed by atoms with van der Waals surface area (Å²) in [6, 6.07) is 11.0. The van der Waals surface area contributed by atoms with Crippen LogP contribution < -0.4 is 4.74 Å². The molecule has 7 nitrogen and oxygen atoms in total. The van der Waals surface area contributed by atoms with Crippen LogP contribution in [-0.4, -0.2) is 59.4 Å². The van der Waals surface area contributed by atoms with E-state index >= 15 is 0 Å². The first-order chi connectivity index (χ1) is 13.5. The maximum absolute atomic E-state index is 12.6. The van der Waals surface area contributed by atoms with E-state index in [1.165, 1.54) is 0 Å². The number of amides is 4. The Labute approximate surface area is 168 Å². The average molecular weight is 401 g/mol. The summed E-state index contributed by atoms with van der Waals surface area (Å²) in [7, 11) is 1.80. The first-order valence-electron chi connectivity index (χ1n) is 9.09. The second-order valence-corrected chi connectivity index (χ2v) is 7.57. The Hall–Kier alpha value is -2.71. The van der Waals surface area contributed by atoms with Crippen LogP contribution in [0.4, 0.5) is 4.79 Å². The van der Waals surface area contributed by atoms with Gasteiger partial charge in [-0.15, -0.1) is 11.3 Å². The van der Waals surface area contributed by atoms with Gasteiger partial charge in [0.25, 0.3) is 0 Å². The van der Waals surface area contributed by atoms with Crippen LogP contribution in [-0.2, 0) is 22.6 Å². The number of hydrogen-bond acceptors (Lipinski definition) is 6. The number of thiophene rings is 1. The van der Waals surface area contributed by atoms with Crippen molar-refractivity contribution in [2.24, 2.45) is 0 Å². The molecule has 4 amide bonds. The highest BCUT2D eigenvalue weighted by atomic mass is 32.1. The standard InChI is InChI=1S/C20H23N3O4S/c1-3-27-16-8-6-15(7-9-16)13-21(2)14-23-19(25)18(24)22(20(23)26)11-10-17-5-4-12-28-17/h4-9,12H,3,10-11,13-14H2,1-2H3. The summed E-state index contributed by atoms with van der Waals surface area (Å²) in [4.78, 5) is 42.0. The van der Waals surface area contributed by atoms with Crippen LogP contribution in [0.2, 0.25) is 0 Å². The summed E-state index contributed by atoms with van der Waals surface area (Å²) >= 11 is 1.56. The molecule has 148 valence electrons. The summed E-state index contributed by atoms with van der Waals surface area (Å²) < 4.78 is 5.42. The number of nitrogens with zero attached hydrogens (tertiary/aromatic N) is 3. The molecule has 3 rings (SSSR count). The quantitative estimate of drug-likeness (QED) is 0.477. The van der Waals surface area contributed by atoms with E-state index in [2.05, 4.69) is 0 Å². The number of hydrogen-bond donors (Lipinski definition) is 0. The van der Waals surface area contributed by atoms with Gasteiger partial charge in [0.2, 0.25) is 0 Å². The molecule has 1 fully saturated rings. The van der Waals surface area contributed by atoms with Gasteiger partial charge < -0.3 is 4.74 Å². The molecule has 1 aromatic carbocycles. The third-order valence-corrected chi connectivity index (χ3v) is 5.30. The second-order valence-electron chi connectivity index (χ2n) is 6.53. The van der Waals surface area contributed by atoms with Crippen molar-refractivity contribution in [2.75, 3.05) is 26.9 Å². The lowest BCUT2D eigenvalue weighted by Gasteiger charge is -2.22. The molecule has 0 unspecified atom stereocenters. The first kappa shape index (κ1) is 20.0. The minimum Gasteiger partial charge on any atom is -0.494 e. The third-order valence-electron chi connectivity index (χ3n) is 4.37. The van der Waals surface area contributed by atoms with Crippen LogP contribution in [0.15, 0.2) is 41.8 Å². The van der Waals surface area contributed by atoms with Crippen molar-refractivity contribution < 1.29 is 19.1 Å². The zero-order chi connectivity index (χ0) is 20.1. The monoisotopic (exact) mass is 401 g/mol. The van der Waals surface area contributed by atoms with Gasteiger partial charge in [-0.3, -0.25) is 19.4 Å². The lowest BCUT2D eigenvalue weighted by molar-refractivity contribution is -0.143. The van der Waals surface area contributed by atoms with E-state index in [4.69, 9.17) is 4.74 Å². The molecule has 1 aromatic heterocycles. The third kappa shape index (κ3) is 4.58. The molecular weight excluding hydrogens is 378 g/mol. The highest BCUT2D eigenvalue weighted by Crippen LogP contribution is 2.17. The zero-order valence-electron chi connectivity index (χ0n) is 16.0. The maximum atomic E-state index is 12.6. The molecule has 0 spiro atoms. The summed E-state index contributed by atoms with van der Waals surface area (Å²) in [6.07, 6.45) is 0.554. The minimum absolute atomic E-state index is 0.0616. The van der Waals surface area contributed by atoms with Gasteiger partial charge in [-0.2, -0.15) is 0 Å². The highest BCUT2D eigenvalue weighted by Gasteiger charge is 2.44. The van der Waals surface area contributed by atoms with E-state index in [1.54, 1.807) is 18.4 Å². The van der Waals surface area contributed by atoms with Crippen molar-refractivity contribution in [3.05, 3.63) is 52.2 Å². The molecule has 0 bridgehead atoms. The molecule has 8 heteroatoms. The fraction of sp³-hybridized carbons (Fsp3) is 0.350. The van der Waals surface area contributed by atoms with Gasteiger partial charge in [-0.1, -0.05) is 18.2 Å². The molecule has 2 heterocycles. The van der Waals surface area contributed by atoms with Gasteiger partial charge in [-0.05, 0) is 43.1 Å². The van der Waals surface area contributed by atoms with E-state index in [1.807, 2.05) is 53.6 Å². The zero-order valence-corrected chi connectivity index (χ0v) is 16.8. The Morgan fingerprint density at radius 1 is 1.04 bits per heavy atom. The Morgan fingerprint density at radius 2 is 1.75 bits per heavy atom. The highest BCUT2D eigenvalue weighted by molar-refractivity contribution is 7.09. The van der Waals surface area contributed by atoms with Gasteiger partial charge in [0.05, 0.1) is 13.3 Å². The van der Waals surface area contributed by atoms with Gasteiger partial charge in [0.1, 0.15) is 5.75 Å². The van der Waals surface area contributed by atoms with Crippen molar-refractivity contribution in [3.8, 4) is 5.75 Å². The van der Waals surface area contributed by atoms with Gasteiger partial charge in [0, 0.05) is 24.4 Å².